The summed E-state index contributed by atoms with van der Waals surface area (Å²) in [5.41, 5.74) is 0.710. The zero-order valence-corrected chi connectivity index (χ0v) is 14.8. The third-order valence-electron chi connectivity index (χ3n) is 4.97. The molecule has 3 aromatic rings. The van der Waals surface area contributed by atoms with E-state index in [0.29, 0.717) is 5.82 Å². The molecule has 0 spiro atoms. The predicted molar refractivity (Wildman–Crippen MR) is 95.8 cm³/mol. The smallest absolute Gasteiger partial charge is 0.231 e. The Kier molecular flexibility index (Phi) is 4.10. The van der Waals surface area contributed by atoms with Gasteiger partial charge in [-0.3, -0.25) is 9.48 Å². The molecule has 0 aromatic carbocycles. The summed E-state index contributed by atoms with van der Waals surface area (Å²) in [5.74, 6) is 0.714. The molecule has 0 atom stereocenters. The molecule has 0 aliphatic carbocycles. The number of rotatable bonds is 5. The fourth-order valence-corrected chi connectivity index (χ4v) is 4.31. The van der Waals surface area contributed by atoms with Gasteiger partial charge in [0.2, 0.25) is 5.91 Å². The van der Waals surface area contributed by atoms with Gasteiger partial charge in [0.25, 0.3) is 0 Å². The van der Waals surface area contributed by atoms with Crippen LogP contribution in [-0.2, 0) is 11.8 Å². The van der Waals surface area contributed by atoms with Gasteiger partial charge in [0.15, 0.2) is 5.82 Å². The lowest BCUT2D eigenvalue weighted by Gasteiger charge is -2.28. The Hall–Kier alpha value is -1.95. The van der Waals surface area contributed by atoms with Gasteiger partial charge in [-0.2, -0.15) is 5.10 Å². The highest BCUT2D eigenvalue weighted by Gasteiger charge is 2.33. The van der Waals surface area contributed by atoms with E-state index in [0.717, 1.165) is 39.7 Å². The molecule has 0 fully saturated rings. The van der Waals surface area contributed by atoms with E-state index in [1.165, 1.54) is 0 Å². The zero-order valence-electron chi connectivity index (χ0n) is 14.0. The molecule has 3 rings (SSSR count). The monoisotopic (exact) mass is 330 g/mol. The van der Waals surface area contributed by atoms with Crippen LogP contribution in [0.1, 0.15) is 40.0 Å². The number of anilines is 1. The molecule has 0 radical (unpaired) electrons. The molecule has 0 unspecified atom stereocenters. The van der Waals surface area contributed by atoms with E-state index in [2.05, 4.69) is 36.2 Å². The van der Waals surface area contributed by atoms with Gasteiger partial charge in [-0.15, -0.1) is 11.3 Å². The molecular weight excluding hydrogens is 308 g/mol. The SMILES string of the molecule is CCC(CC)(CC)C(=O)Nc1nn(C)c2c1sc1ncccc12. The summed E-state index contributed by atoms with van der Waals surface area (Å²) in [6, 6.07) is 3.97. The van der Waals surface area contributed by atoms with Crippen molar-refractivity contribution in [2.75, 3.05) is 5.32 Å². The van der Waals surface area contributed by atoms with Crippen molar-refractivity contribution >= 4 is 43.5 Å². The number of nitrogens with zero attached hydrogens (tertiary/aromatic N) is 3. The van der Waals surface area contributed by atoms with E-state index in [1.807, 2.05) is 23.9 Å². The van der Waals surface area contributed by atoms with Crippen LogP contribution in [0.3, 0.4) is 0 Å². The minimum atomic E-state index is -0.321. The van der Waals surface area contributed by atoms with Crippen LogP contribution < -0.4 is 5.32 Å². The molecule has 5 nitrogen and oxygen atoms in total. The lowest BCUT2D eigenvalue weighted by Crippen LogP contribution is -2.34. The lowest BCUT2D eigenvalue weighted by molar-refractivity contribution is -0.126. The Morgan fingerprint density at radius 3 is 2.65 bits per heavy atom. The molecule has 0 bridgehead atoms. The highest BCUT2D eigenvalue weighted by molar-refractivity contribution is 7.26. The molecule has 0 aliphatic heterocycles. The second-order valence-electron chi connectivity index (χ2n) is 5.90. The summed E-state index contributed by atoms with van der Waals surface area (Å²) in [4.78, 5) is 18.2. The van der Waals surface area contributed by atoms with Crippen LogP contribution >= 0.6 is 11.3 Å². The van der Waals surface area contributed by atoms with Crippen molar-refractivity contribution in [2.45, 2.75) is 40.0 Å². The van der Waals surface area contributed by atoms with Gasteiger partial charge in [0, 0.05) is 24.0 Å². The van der Waals surface area contributed by atoms with Crippen LogP contribution in [-0.4, -0.2) is 20.7 Å². The van der Waals surface area contributed by atoms with E-state index in [9.17, 15) is 4.79 Å². The number of carbonyl (C=O) groups is 1. The topological polar surface area (TPSA) is 59.8 Å². The van der Waals surface area contributed by atoms with Crippen LogP contribution in [0.5, 0.6) is 0 Å². The summed E-state index contributed by atoms with van der Waals surface area (Å²) >= 11 is 1.58. The van der Waals surface area contributed by atoms with Crippen molar-refractivity contribution in [3.63, 3.8) is 0 Å². The average Bonchev–Trinajstić information content (AvgIpc) is 3.08. The van der Waals surface area contributed by atoms with Gasteiger partial charge < -0.3 is 5.32 Å². The summed E-state index contributed by atoms with van der Waals surface area (Å²) in [5, 5.41) is 8.68. The van der Waals surface area contributed by atoms with Gasteiger partial charge >= 0.3 is 0 Å². The second-order valence-corrected chi connectivity index (χ2v) is 6.90. The van der Waals surface area contributed by atoms with Crippen molar-refractivity contribution in [1.29, 1.82) is 0 Å². The third kappa shape index (κ3) is 2.41. The normalized spacial score (nSPS) is 12.2. The highest BCUT2D eigenvalue weighted by Crippen LogP contribution is 2.38. The van der Waals surface area contributed by atoms with E-state index in [-0.39, 0.29) is 11.3 Å². The van der Waals surface area contributed by atoms with E-state index in [4.69, 9.17) is 0 Å². The first kappa shape index (κ1) is 15.9. The molecular formula is C17H22N4OS. The first-order chi connectivity index (χ1) is 11.1. The standard InChI is InChI=1S/C17H22N4OS/c1-5-17(6-2,7-3)16(22)19-14-13-12(21(4)20-14)11-9-8-10-18-15(11)23-13/h8-10H,5-7H2,1-4H3,(H,19,20,22). The Balaban J connectivity index is 2.06. The molecule has 23 heavy (non-hydrogen) atoms. The van der Waals surface area contributed by atoms with Crippen molar-refractivity contribution in [3.8, 4) is 0 Å². The number of fused-ring (bicyclic) bond motifs is 3. The summed E-state index contributed by atoms with van der Waals surface area (Å²) in [6.45, 7) is 6.22. The number of pyridine rings is 1. The number of thiophene rings is 1. The first-order valence-electron chi connectivity index (χ1n) is 8.08. The summed E-state index contributed by atoms with van der Waals surface area (Å²) in [7, 11) is 1.91. The molecule has 3 heterocycles. The van der Waals surface area contributed by atoms with Gasteiger partial charge in [0.1, 0.15) is 4.83 Å². The number of nitrogens with one attached hydrogen (secondary N) is 1. The summed E-state index contributed by atoms with van der Waals surface area (Å²) < 4.78 is 2.82. The Bertz CT molecular complexity index is 852. The van der Waals surface area contributed by atoms with Crippen LogP contribution in [0.25, 0.3) is 20.4 Å². The molecule has 1 amide bonds. The van der Waals surface area contributed by atoms with Crippen LogP contribution in [0.15, 0.2) is 18.3 Å². The third-order valence-corrected chi connectivity index (χ3v) is 6.08. The van der Waals surface area contributed by atoms with Crippen molar-refractivity contribution in [3.05, 3.63) is 18.3 Å². The maximum absolute atomic E-state index is 12.8. The molecule has 0 saturated heterocycles. The van der Waals surface area contributed by atoms with Crippen LogP contribution in [0.4, 0.5) is 5.82 Å². The second kappa shape index (κ2) is 5.92. The first-order valence-corrected chi connectivity index (χ1v) is 8.89. The maximum atomic E-state index is 12.8. The number of amides is 1. The molecule has 0 saturated carbocycles. The van der Waals surface area contributed by atoms with Crippen molar-refractivity contribution < 1.29 is 4.79 Å². The van der Waals surface area contributed by atoms with Gasteiger partial charge in [0.05, 0.1) is 10.2 Å². The van der Waals surface area contributed by atoms with Crippen LogP contribution in [0, 0.1) is 5.41 Å². The van der Waals surface area contributed by atoms with Gasteiger partial charge in [-0.05, 0) is 31.4 Å². The summed E-state index contributed by atoms with van der Waals surface area (Å²) in [6.07, 6.45) is 4.28. The minimum absolute atomic E-state index is 0.0652. The van der Waals surface area contributed by atoms with Crippen molar-refractivity contribution in [2.24, 2.45) is 12.5 Å². The molecule has 1 N–H and O–H groups in total. The molecule has 0 aliphatic rings. The highest BCUT2D eigenvalue weighted by atomic mass is 32.1. The number of carbonyl (C=O) groups excluding carboxylic acids is 1. The van der Waals surface area contributed by atoms with Gasteiger partial charge in [-0.25, -0.2) is 4.98 Å². The fraction of sp³-hybridized carbons (Fsp3) is 0.471. The number of aromatic nitrogens is 3. The largest absolute Gasteiger partial charge is 0.308 e. The van der Waals surface area contributed by atoms with Crippen LogP contribution in [0.2, 0.25) is 0 Å². The molecule has 3 aromatic heterocycles. The lowest BCUT2D eigenvalue weighted by atomic mass is 9.79. The Morgan fingerprint density at radius 2 is 2.00 bits per heavy atom. The van der Waals surface area contributed by atoms with E-state index >= 15 is 0 Å². The molecule has 122 valence electrons. The van der Waals surface area contributed by atoms with Gasteiger partial charge in [-0.1, -0.05) is 20.8 Å². The van der Waals surface area contributed by atoms with Crippen molar-refractivity contribution in [1.82, 2.24) is 14.8 Å². The number of aryl methyl sites for hydroxylation is 1. The van der Waals surface area contributed by atoms with E-state index in [1.54, 1.807) is 17.5 Å². The quantitative estimate of drug-likeness (QED) is 0.757. The fourth-order valence-electron chi connectivity index (χ4n) is 3.20. The minimum Gasteiger partial charge on any atom is -0.308 e. The Morgan fingerprint density at radius 1 is 1.30 bits per heavy atom. The zero-order chi connectivity index (χ0) is 16.6. The molecule has 6 heteroatoms. The predicted octanol–water partition coefficient (Wildman–Crippen LogP) is 4.34. The Labute approximate surface area is 139 Å². The van der Waals surface area contributed by atoms with E-state index < -0.39 is 0 Å². The average molecular weight is 330 g/mol. The number of hydrogen-bond donors (Lipinski definition) is 1. The maximum Gasteiger partial charge on any atom is 0.231 e. The number of hydrogen-bond acceptors (Lipinski definition) is 4.